The molecular formula is C14H21N3O2. The van der Waals surface area contributed by atoms with Gasteiger partial charge in [0.25, 0.3) is 5.69 Å². The van der Waals surface area contributed by atoms with Gasteiger partial charge in [-0.15, -0.1) is 0 Å². The molecule has 1 aromatic rings. The Hall–Kier alpha value is -1.46. The summed E-state index contributed by atoms with van der Waals surface area (Å²) < 4.78 is 0. The summed E-state index contributed by atoms with van der Waals surface area (Å²) in [6, 6.07) is 7.16. The predicted octanol–water partition coefficient (Wildman–Crippen LogP) is 2.20. The molecule has 1 saturated heterocycles. The molecule has 0 amide bonds. The Kier molecular flexibility index (Phi) is 4.50. The number of benzene rings is 1. The van der Waals surface area contributed by atoms with Gasteiger partial charge in [0.1, 0.15) is 0 Å². The summed E-state index contributed by atoms with van der Waals surface area (Å²) in [5, 5.41) is 14.3. The fraction of sp³-hybridized carbons (Fsp3) is 0.571. The van der Waals surface area contributed by atoms with Gasteiger partial charge in [0, 0.05) is 24.2 Å². The fourth-order valence-electron chi connectivity index (χ4n) is 2.87. The van der Waals surface area contributed by atoms with E-state index >= 15 is 0 Å². The van der Waals surface area contributed by atoms with Gasteiger partial charge in [0.2, 0.25) is 0 Å². The molecule has 2 atom stereocenters. The molecular weight excluding hydrogens is 242 g/mol. The summed E-state index contributed by atoms with van der Waals surface area (Å²) in [6.45, 7) is 5.10. The highest BCUT2D eigenvalue weighted by Gasteiger charge is 2.29. The molecule has 0 saturated carbocycles. The molecule has 5 heteroatoms. The zero-order chi connectivity index (χ0) is 13.8. The average Bonchev–Trinajstić information content (AvgIpc) is 2.87. The van der Waals surface area contributed by atoms with Crippen molar-refractivity contribution in [2.24, 2.45) is 5.92 Å². The number of rotatable bonds is 5. The zero-order valence-electron chi connectivity index (χ0n) is 11.5. The summed E-state index contributed by atoms with van der Waals surface area (Å²) in [6.07, 6.45) is 1.16. The topological polar surface area (TPSA) is 58.4 Å². The lowest BCUT2D eigenvalue weighted by Gasteiger charge is -2.24. The summed E-state index contributed by atoms with van der Waals surface area (Å²) in [7, 11) is 1.97. The van der Waals surface area contributed by atoms with E-state index < -0.39 is 0 Å². The van der Waals surface area contributed by atoms with Crippen LogP contribution in [0.25, 0.3) is 0 Å². The molecule has 1 aliphatic heterocycles. The summed E-state index contributed by atoms with van der Waals surface area (Å²) in [4.78, 5) is 13.1. The van der Waals surface area contributed by atoms with Gasteiger partial charge in [-0.25, -0.2) is 0 Å². The molecule has 104 valence electrons. The van der Waals surface area contributed by atoms with Gasteiger partial charge in [-0.1, -0.05) is 18.2 Å². The number of para-hydroxylation sites is 1. The van der Waals surface area contributed by atoms with E-state index in [0.29, 0.717) is 5.92 Å². The van der Waals surface area contributed by atoms with Gasteiger partial charge in [-0.3, -0.25) is 15.0 Å². The maximum atomic E-state index is 11.1. The van der Waals surface area contributed by atoms with Crippen LogP contribution in [0, 0.1) is 16.0 Å². The van der Waals surface area contributed by atoms with Crippen molar-refractivity contribution in [3.05, 3.63) is 39.9 Å². The van der Waals surface area contributed by atoms with Crippen LogP contribution in [0.3, 0.4) is 0 Å². The van der Waals surface area contributed by atoms with Gasteiger partial charge in [-0.2, -0.15) is 0 Å². The summed E-state index contributed by atoms with van der Waals surface area (Å²) in [5.74, 6) is 0.648. The smallest absolute Gasteiger partial charge is 0.274 e. The number of hydrogen-bond acceptors (Lipinski definition) is 4. The SMILES string of the molecule is CNCC1CCN(C(C)c2ccccc2[N+](=O)[O-])C1. The van der Waals surface area contributed by atoms with Crippen LogP contribution in [0.1, 0.15) is 24.9 Å². The third kappa shape index (κ3) is 3.11. The van der Waals surface area contributed by atoms with Gasteiger partial charge >= 0.3 is 0 Å². The number of nitro groups is 1. The van der Waals surface area contributed by atoms with Gasteiger partial charge < -0.3 is 5.32 Å². The minimum Gasteiger partial charge on any atom is -0.319 e. The minimum atomic E-state index is -0.285. The predicted molar refractivity (Wildman–Crippen MR) is 75.1 cm³/mol. The van der Waals surface area contributed by atoms with Crippen LogP contribution in [-0.4, -0.2) is 36.5 Å². The largest absolute Gasteiger partial charge is 0.319 e. The van der Waals surface area contributed by atoms with Crippen LogP contribution in [0.15, 0.2) is 24.3 Å². The van der Waals surface area contributed by atoms with Gasteiger partial charge in [0.05, 0.1) is 4.92 Å². The standard InChI is InChI=1S/C14H21N3O2/c1-11(16-8-7-12(10-16)9-15-2)13-5-3-4-6-14(13)17(18)19/h3-6,11-12,15H,7-10H2,1-2H3. The van der Waals surface area contributed by atoms with Crippen molar-refractivity contribution in [2.45, 2.75) is 19.4 Å². The van der Waals surface area contributed by atoms with Crippen molar-refractivity contribution in [3.63, 3.8) is 0 Å². The minimum absolute atomic E-state index is 0.100. The second-order valence-corrected chi connectivity index (χ2v) is 5.20. The van der Waals surface area contributed by atoms with Crippen LogP contribution in [0.5, 0.6) is 0 Å². The first-order valence-electron chi connectivity index (χ1n) is 6.75. The molecule has 19 heavy (non-hydrogen) atoms. The van der Waals surface area contributed by atoms with Crippen molar-refractivity contribution in [1.29, 1.82) is 0 Å². The summed E-state index contributed by atoms with van der Waals surface area (Å²) >= 11 is 0. The molecule has 0 bridgehead atoms. The van der Waals surface area contributed by atoms with E-state index in [9.17, 15) is 10.1 Å². The molecule has 0 spiro atoms. The number of likely N-dealkylation sites (tertiary alicyclic amines) is 1. The Morgan fingerprint density at radius 2 is 2.26 bits per heavy atom. The second kappa shape index (κ2) is 6.12. The number of nitrogens with one attached hydrogen (secondary N) is 1. The first-order chi connectivity index (χ1) is 9.13. The quantitative estimate of drug-likeness (QED) is 0.653. The molecule has 2 unspecified atom stereocenters. The van der Waals surface area contributed by atoms with E-state index in [4.69, 9.17) is 0 Å². The lowest BCUT2D eigenvalue weighted by atomic mass is 10.0. The normalized spacial score (nSPS) is 21.5. The fourth-order valence-corrected chi connectivity index (χ4v) is 2.87. The maximum absolute atomic E-state index is 11.1. The number of nitro benzene ring substituents is 1. The molecule has 2 rings (SSSR count). The molecule has 1 fully saturated rings. The second-order valence-electron chi connectivity index (χ2n) is 5.20. The number of hydrogen-bond donors (Lipinski definition) is 1. The molecule has 1 N–H and O–H groups in total. The van der Waals surface area contributed by atoms with Gasteiger partial charge in [0.15, 0.2) is 0 Å². The van der Waals surface area contributed by atoms with Crippen LogP contribution in [0.2, 0.25) is 0 Å². The van der Waals surface area contributed by atoms with Gasteiger partial charge in [-0.05, 0) is 39.4 Å². The molecule has 0 radical (unpaired) electrons. The first-order valence-corrected chi connectivity index (χ1v) is 6.75. The monoisotopic (exact) mass is 263 g/mol. The van der Waals surface area contributed by atoms with Crippen molar-refractivity contribution in [3.8, 4) is 0 Å². The zero-order valence-corrected chi connectivity index (χ0v) is 11.5. The third-order valence-electron chi connectivity index (χ3n) is 3.94. The van der Waals surface area contributed by atoms with E-state index in [1.165, 1.54) is 0 Å². The molecule has 0 aliphatic carbocycles. The molecule has 5 nitrogen and oxygen atoms in total. The Labute approximate surface area is 113 Å². The highest BCUT2D eigenvalue weighted by molar-refractivity contribution is 5.41. The third-order valence-corrected chi connectivity index (χ3v) is 3.94. The van der Waals surface area contributed by atoms with Crippen molar-refractivity contribution in [2.75, 3.05) is 26.7 Å². The lowest BCUT2D eigenvalue weighted by molar-refractivity contribution is -0.385. The van der Waals surface area contributed by atoms with Crippen molar-refractivity contribution >= 4 is 5.69 Å². The van der Waals surface area contributed by atoms with E-state index in [1.807, 2.05) is 19.2 Å². The molecule has 1 aromatic carbocycles. The van der Waals surface area contributed by atoms with E-state index in [2.05, 4.69) is 17.1 Å². The van der Waals surface area contributed by atoms with Crippen LogP contribution >= 0.6 is 0 Å². The average molecular weight is 263 g/mol. The lowest BCUT2D eigenvalue weighted by Crippen LogP contribution is -2.27. The van der Waals surface area contributed by atoms with E-state index in [1.54, 1.807) is 12.1 Å². The van der Waals surface area contributed by atoms with Crippen molar-refractivity contribution in [1.82, 2.24) is 10.2 Å². The molecule has 1 heterocycles. The molecule has 1 aliphatic rings. The van der Waals surface area contributed by atoms with Crippen LogP contribution < -0.4 is 5.32 Å². The first kappa shape index (κ1) is 14.0. The van der Waals surface area contributed by atoms with Crippen LogP contribution in [-0.2, 0) is 0 Å². The Bertz CT molecular complexity index is 450. The Balaban J connectivity index is 2.12. The highest BCUT2D eigenvalue weighted by atomic mass is 16.6. The maximum Gasteiger partial charge on any atom is 0.274 e. The number of nitrogens with zero attached hydrogens (tertiary/aromatic N) is 2. The van der Waals surface area contributed by atoms with Crippen LogP contribution in [0.4, 0.5) is 5.69 Å². The Morgan fingerprint density at radius 1 is 1.53 bits per heavy atom. The van der Waals surface area contributed by atoms with E-state index in [-0.39, 0.29) is 16.7 Å². The highest BCUT2D eigenvalue weighted by Crippen LogP contribution is 2.32. The molecule has 0 aromatic heterocycles. The summed E-state index contributed by atoms with van der Waals surface area (Å²) in [5.41, 5.74) is 1.05. The van der Waals surface area contributed by atoms with Crippen molar-refractivity contribution < 1.29 is 4.92 Å². The Morgan fingerprint density at radius 3 is 2.95 bits per heavy atom. The van der Waals surface area contributed by atoms with E-state index in [0.717, 1.165) is 31.6 Å².